The zero-order chi connectivity index (χ0) is 22.9. The van der Waals surface area contributed by atoms with E-state index in [0.717, 1.165) is 28.2 Å². The summed E-state index contributed by atoms with van der Waals surface area (Å²) in [5.74, 6) is -0.571. The zero-order valence-electron chi connectivity index (χ0n) is 16.8. The molecule has 0 fully saturated rings. The molecule has 2 aromatic heterocycles. The molecule has 8 heteroatoms. The van der Waals surface area contributed by atoms with E-state index in [1.54, 1.807) is 12.3 Å². The number of aryl methyl sites for hydroxylation is 1. The maximum atomic E-state index is 13.1. The molecule has 2 aromatic carbocycles. The molecular formula is C24H17ClF3N3O. The van der Waals surface area contributed by atoms with Crippen LogP contribution in [0.25, 0.3) is 28.2 Å². The molecule has 2 heterocycles. The smallest absolute Gasteiger partial charge is 0.346 e. The number of rotatable bonds is 4. The topological polar surface area (TPSA) is 57.8 Å². The van der Waals surface area contributed by atoms with E-state index in [-0.39, 0.29) is 11.3 Å². The van der Waals surface area contributed by atoms with Crippen molar-refractivity contribution in [2.24, 2.45) is 0 Å². The molecule has 32 heavy (non-hydrogen) atoms. The van der Waals surface area contributed by atoms with Gasteiger partial charge in [-0.05, 0) is 66.1 Å². The predicted octanol–water partition coefficient (Wildman–Crippen LogP) is 6.86. The Bertz CT molecular complexity index is 1340. The average Bonchev–Trinajstić information content (AvgIpc) is 3.21. The fourth-order valence-electron chi connectivity index (χ4n) is 3.30. The Morgan fingerprint density at radius 1 is 1.09 bits per heavy atom. The molecule has 0 bridgehead atoms. The van der Waals surface area contributed by atoms with Gasteiger partial charge in [0.05, 0.1) is 5.56 Å². The summed E-state index contributed by atoms with van der Waals surface area (Å²) in [7, 11) is 0. The molecule has 0 spiro atoms. The second-order valence-electron chi connectivity index (χ2n) is 7.23. The van der Waals surface area contributed by atoms with Crippen LogP contribution in [0.5, 0.6) is 0 Å². The van der Waals surface area contributed by atoms with E-state index in [0.29, 0.717) is 10.6 Å². The SMILES string of the molecule is Cc1ccc(NC(=O)C=Cc2cc(-c3cnc4[nH]ccc4c3)ccc2Cl)cc1C(F)(F)F. The first kappa shape index (κ1) is 21.6. The molecule has 0 aliphatic heterocycles. The van der Waals surface area contributed by atoms with Crippen LogP contribution < -0.4 is 5.32 Å². The molecule has 0 atom stereocenters. The largest absolute Gasteiger partial charge is 0.416 e. The second-order valence-corrected chi connectivity index (χ2v) is 7.63. The lowest BCUT2D eigenvalue weighted by Gasteiger charge is -2.12. The molecule has 0 aliphatic carbocycles. The number of aromatic nitrogens is 2. The summed E-state index contributed by atoms with van der Waals surface area (Å²) in [6.45, 7) is 1.37. The maximum Gasteiger partial charge on any atom is 0.416 e. The fourth-order valence-corrected chi connectivity index (χ4v) is 3.48. The van der Waals surface area contributed by atoms with Crippen LogP contribution in [0.1, 0.15) is 16.7 Å². The molecule has 0 saturated carbocycles. The van der Waals surface area contributed by atoms with Gasteiger partial charge in [0.25, 0.3) is 0 Å². The molecule has 162 valence electrons. The molecule has 0 radical (unpaired) electrons. The monoisotopic (exact) mass is 455 g/mol. The Morgan fingerprint density at radius 3 is 2.69 bits per heavy atom. The molecule has 4 nitrogen and oxygen atoms in total. The highest BCUT2D eigenvalue weighted by atomic mass is 35.5. The molecule has 4 aromatic rings. The number of halogens is 4. The zero-order valence-corrected chi connectivity index (χ0v) is 17.6. The Morgan fingerprint density at radius 2 is 1.91 bits per heavy atom. The van der Waals surface area contributed by atoms with Gasteiger partial charge in [0.1, 0.15) is 5.65 Å². The van der Waals surface area contributed by atoms with Crippen molar-refractivity contribution < 1.29 is 18.0 Å². The lowest BCUT2D eigenvalue weighted by Crippen LogP contribution is -2.11. The molecular weight excluding hydrogens is 439 g/mol. The number of carbonyl (C=O) groups is 1. The number of fused-ring (bicyclic) bond motifs is 1. The lowest BCUT2D eigenvalue weighted by atomic mass is 10.0. The minimum Gasteiger partial charge on any atom is -0.346 e. The first-order valence-corrected chi connectivity index (χ1v) is 9.98. The van der Waals surface area contributed by atoms with Crippen molar-refractivity contribution in [1.82, 2.24) is 9.97 Å². The minimum atomic E-state index is -4.49. The van der Waals surface area contributed by atoms with Crippen LogP contribution >= 0.6 is 11.6 Å². The lowest BCUT2D eigenvalue weighted by molar-refractivity contribution is -0.138. The number of nitrogens with zero attached hydrogens (tertiary/aromatic N) is 1. The number of alkyl halides is 3. The summed E-state index contributed by atoms with van der Waals surface area (Å²) in [5, 5.41) is 3.85. The van der Waals surface area contributed by atoms with E-state index >= 15 is 0 Å². The van der Waals surface area contributed by atoms with Gasteiger partial charge in [-0.1, -0.05) is 23.7 Å². The molecule has 0 unspecified atom stereocenters. The van der Waals surface area contributed by atoms with E-state index < -0.39 is 17.6 Å². The Kier molecular flexibility index (Phi) is 5.76. The van der Waals surface area contributed by atoms with Crippen LogP contribution in [-0.2, 0) is 11.0 Å². The van der Waals surface area contributed by atoms with Crippen molar-refractivity contribution in [2.45, 2.75) is 13.1 Å². The molecule has 0 aliphatic rings. The summed E-state index contributed by atoms with van der Waals surface area (Å²) in [4.78, 5) is 19.7. The molecule has 2 N–H and O–H groups in total. The van der Waals surface area contributed by atoms with Crippen molar-refractivity contribution in [3.63, 3.8) is 0 Å². The normalized spacial score (nSPS) is 11.9. The van der Waals surface area contributed by atoms with Crippen molar-refractivity contribution in [3.8, 4) is 11.1 Å². The summed E-state index contributed by atoms with van der Waals surface area (Å²) in [6.07, 6.45) is 1.79. The number of anilines is 1. The quantitative estimate of drug-likeness (QED) is 0.330. The van der Waals surface area contributed by atoms with E-state index in [1.807, 2.05) is 30.5 Å². The summed E-state index contributed by atoms with van der Waals surface area (Å²) < 4.78 is 39.2. The van der Waals surface area contributed by atoms with Crippen LogP contribution in [0.15, 0.2) is 67.0 Å². The van der Waals surface area contributed by atoms with Crippen LogP contribution in [0.2, 0.25) is 5.02 Å². The highest BCUT2D eigenvalue weighted by molar-refractivity contribution is 6.32. The first-order chi connectivity index (χ1) is 15.2. The minimum absolute atomic E-state index is 0.0586. The molecule has 0 saturated heterocycles. The number of benzene rings is 2. The van der Waals surface area contributed by atoms with Crippen molar-refractivity contribution >= 4 is 40.3 Å². The molecule has 1 amide bonds. The Labute approximate surface area is 186 Å². The number of carbonyl (C=O) groups excluding carboxylic acids is 1. The van der Waals surface area contributed by atoms with Gasteiger partial charge in [-0.2, -0.15) is 13.2 Å². The maximum absolute atomic E-state index is 13.1. The number of nitrogens with one attached hydrogen (secondary N) is 2. The highest BCUT2D eigenvalue weighted by Crippen LogP contribution is 2.33. The third-order valence-electron chi connectivity index (χ3n) is 4.95. The number of pyridine rings is 1. The van der Waals surface area contributed by atoms with E-state index in [1.165, 1.54) is 31.2 Å². The van der Waals surface area contributed by atoms with Crippen molar-refractivity contribution in [2.75, 3.05) is 5.32 Å². The van der Waals surface area contributed by atoms with Gasteiger partial charge in [-0.3, -0.25) is 4.79 Å². The van der Waals surface area contributed by atoms with Gasteiger partial charge >= 0.3 is 6.18 Å². The van der Waals surface area contributed by atoms with Gasteiger partial charge in [-0.15, -0.1) is 0 Å². The van der Waals surface area contributed by atoms with Gasteiger partial charge in [0.15, 0.2) is 0 Å². The van der Waals surface area contributed by atoms with Crippen LogP contribution in [0, 0.1) is 6.92 Å². The van der Waals surface area contributed by atoms with Crippen molar-refractivity contribution in [1.29, 1.82) is 0 Å². The van der Waals surface area contributed by atoms with Crippen LogP contribution in [0.3, 0.4) is 0 Å². The van der Waals surface area contributed by atoms with E-state index in [4.69, 9.17) is 11.6 Å². The summed E-state index contributed by atoms with van der Waals surface area (Å²) >= 11 is 6.26. The molecule has 4 rings (SSSR count). The third-order valence-corrected chi connectivity index (χ3v) is 5.30. The first-order valence-electron chi connectivity index (χ1n) is 9.61. The number of hydrogen-bond donors (Lipinski definition) is 2. The van der Waals surface area contributed by atoms with Gasteiger partial charge in [-0.25, -0.2) is 4.98 Å². The van der Waals surface area contributed by atoms with Gasteiger partial charge in [0, 0.05) is 40.1 Å². The average molecular weight is 456 g/mol. The number of hydrogen-bond acceptors (Lipinski definition) is 2. The number of amides is 1. The Balaban J connectivity index is 1.54. The summed E-state index contributed by atoms with van der Waals surface area (Å²) in [5.41, 5.74) is 2.47. The third kappa shape index (κ3) is 4.68. The number of H-pyrrole nitrogens is 1. The second kappa shape index (κ2) is 8.51. The van der Waals surface area contributed by atoms with Gasteiger partial charge in [0.2, 0.25) is 5.91 Å². The highest BCUT2D eigenvalue weighted by Gasteiger charge is 2.32. The standard InChI is InChI=1S/C24H17ClF3N3O/c1-14-2-5-19(12-20(14)24(26,27)28)31-22(32)7-4-16-10-15(3-6-21(16)25)18-11-17-8-9-29-23(17)30-13-18/h2-13H,1H3,(H,29,30)(H,31,32). The summed E-state index contributed by atoms with van der Waals surface area (Å²) in [6, 6.07) is 12.9. The van der Waals surface area contributed by atoms with Crippen LogP contribution in [-0.4, -0.2) is 15.9 Å². The van der Waals surface area contributed by atoms with E-state index in [9.17, 15) is 18.0 Å². The van der Waals surface area contributed by atoms with E-state index in [2.05, 4.69) is 15.3 Å². The predicted molar refractivity (Wildman–Crippen MR) is 120 cm³/mol. The van der Waals surface area contributed by atoms with Crippen molar-refractivity contribution in [3.05, 3.63) is 88.7 Å². The Hall–Kier alpha value is -3.58. The fraction of sp³-hybridized carbons (Fsp3) is 0.0833. The van der Waals surface area contributed by atoms with Gasteiger partial charge < -0.3 is 10.3 Å². The number of aromatic amines is 1. The van der Waals surface area contributed by atoms with Crippen LogP contribution in [0.4, 0.5) is 18.9 Å².